The first-order valence-corrected chi connectivity index (χ1v) is 13.5. The molecule has 10 atom stereocenters. The molecular weight excluding hydrogens is 380 g/mol. The molecule has 0 aromatic carbocycles. The van der Waals surface area contributed by atoms with E-state index >= 15 is 0 Å². The fraction of sp³-hybridized carbons (Fsp3) is 0.931. The van der Waals surface area contributed by atoms with Gasteiger partial charge in [-0.05, 0) is 129 Å². The largest absolute Gasteiger partial charge is 0.393 e. The lowest BCUT2D eigenvalue weighted by atomic mass is 9.46. The zero-order valence-electron chi connectivity index (χ0n) is 20.9. The average molecular weight is 429 g/mol. The predicted octanol–water partition coefficient (Wildman–Crippen LogP) is 6.75. The molecule has 0 aromatic rings. The summed E-state index contributed by atoms with van der Waals surface area (Å²) < 4.78 is 0. The summed E-state index contributed by atoms with van der Waals surface area (Å²) in [6.45, 7) is 15.8. The van der Waals surface area contributed by atoms with Crippen molar-refractivity contribution in [2.75, 3.05) is 0 Å². The van der Waals surface area contributed by atoms with Crippen LogP contribution in [0.4, 0.5) is 0 Å². The number of rotatable bonds is 5. The minimum Gasteiger partial charge on any atom is -0.393 e. The first-order valence-electron chi connectivity index (χ1n) is 13.5. The van der Waals surface area contributed by atoms with E-state index < -0.39 is 0 Å². The van der Waals surface area contributed by atoms with E-state index in [0.29, 0.717) is 22.2 Å². The summed E-state index contributed by atoms with van der Waals surface area (Å²) in [5, 5.41) is 21.1. The van der Waals surface area contributed by atoms with Crippen LogP contribution in [0.25, 0.3) is 0 Å². The molecule has 0 aliphatic heterocycles. The maximum Gasteiger partial charge on any atom is 0.0744 e. The third-order valence-electron chi connectivity index (χ3n) is 12.5. The van der Waals surface area contributed by atoms with Gasteiger partial charge in [0.05, 0.1) is 12.2 Å². The fourth-order valence-electron chi connectivity index (χ4n) is 10.7. The summed E-state index contributed by atoms with van der Waals surface area (Å²) in [5.74, 6) is 4.11. The zero-order valence-corrected chi connectivity index (χ0v) is 20.9. The second-order valence-corrected chi connectivity index (χ2v) is 13.8. The van der Waals surface area contributed by atoms with Crippen molar-refractivity contribution in [1.82, 2.24) is 0 Å². The molecule has 5 saturated carbocycles. The Kier molecular flexibility index (Phi) is 5.13. The van der Waals surface area contributed by atoms with E-state index in [0.717, 1.165) is 48.5 Å². The van der Waals surface area contributed by atoms with E-state index in [1.807, 2.05) is 6.92 Å². The van der Waals surface area contributed by atoms with Gasteiger partial charge in [0, 0.05) is 0 Å². The summed E-state index contributed by atoms with van der Waals surface area (Å²) >= 11 is 0. The van der Waals surface area contributed by atoms with Crippen LogP contribution in [0.5, 0.6) is 0 Å². The van der Waals surface area contributed by atoms with Crippen LogP contribution in [0.15, 0.2) is 12.2 Å². The van der Waals surface area contributed by atoms with Crippen molar-refractivity contribution in [3.63, 3.8) is 0 Å². The smallest absolute Gasteiger partial charge is 0.0744 e. The van der Waals surface area contributed by atoms with Crippen molar-refractivity contribution < 1.29 is 10.2 Å². The fourth-order valence-corrected chi connectivity index (χ4v) is 10.7. The summed E-state index contributed by atoms with van der Waals surface area (Å²) in [4.78, 5) is 0. The third-order valence-corrected chi connectivity index (χ3v) is 12.5. The number of hydrogen-bond donors (Lipinski definition) is 2. The summed E-state index contributed by atoms with van der Waals surface area (Å²) in [7, 11) is 0. The Hall–Kier alpha value is -0.340. The molecular formula is C29H48O2. The number of hydrogen-bond acceptors (Lipinski definition) is 2. The summed E-state index contributed by atoms with van der Waals surface area (Å²) in [6, 6.07) is 0. The predicted molar refractivity (Wildman–Crippen MR) is 127 cm³/mol. The molecule has 2 heteroatoms. The van der Waals surface area contributed by atoms with Crippen molar-refractivity contribution in [3.05, 3.63) is 12.2 Å². The van der Waals surface area contributed by atoms with Crippen molar-refractivity contribution in [2.45, 2.75) is 117 Å². The molecule has 2 N–H and O–H groups in total. The van der Waals surface area contributed by atoms with Gasteiger partial charge in [-0.15, -0.1) is 0 Å². The second-order valence-electron chi connectivity index (χ2n) is 13.8. The third kappa shape index (κ3) is 2.89. The molecule has 2 spiro atoms. The monoisotopic (exact) mass is 428 g/mol. The van der Waals surface area contributed by atoms with Crippen molar-refractivity contribution >= 4 is 0 Å². The van der Waals surface area contributed by atoms with E-state index in [2.05, 4.69) is 34.3 Å². The Morgan fingerprint density at radius 1 is 0.935 bits per heavy atom. The average Bonchev–Trinajstić information content (AvgIpc) is 3.25. The second kappa shape index (κ2) is 7.08. The van der Waals surface area contributed by atoms with E-state index in [1.54, 1.807) is 0 Å². The minimum absolute atomic E-state index is 0.0996. The Bertz CT molecular complexity index is 741. The maximum absolute atomic E-state index is 10.8. The normalized spacial score (nSPS) is 51.6. The highest BCUT2D eigenvalue weighted by molar-refractivity contribution is 5.28. The molecule has 0 radical (unpaired) electrons. The van der Waals surface area contributed by atoms with Gasteiger partial charge in [0.2, 0.25) is 0 Å². The van der Waals surface area contributed by atoms with Crippen LogP contribution in [0, 0.1) is 51.2 Å². The van der Waals surface area contributed by atoms with Gasteiger partial charge in [0.25, 0.3) is 0 Å². The lowest BCUT2D eigenvalue weighted by Crippen LogP contribution is -2.54. The molecule has 0 unspecified atom stereocenters. The summed E-state index contributed by atoms with van der Waals surface area (Å²) in [5.41, 5.74) is 2.70. The molecule has 0 heterocycles. The Balaban J connectivity index is 1.34. The van der Waals surface area contributed by atoms with E-state index in [-0.39, 0.29) is 17.6 Å². The number of aliphatic hydroxyl groups excluding tert-OH is 2. The zero-order chi connectivity index (χ0) is 22.4. The number of aliphatic hydroxyl groups is 2. The number of fused-ring (bicyclic) bond motifs is 2. The van der Waals surface area contributed by atoms with Crippen molar-refractivity contribution in [1.29, 1.82) is 0 Å². The molecule has 0 amide bonds. The van der Waals surface area contributed by atoms with Crippen LogP contribution in [-0.4, -0.2) is 22.4 Å². The van der Waals surface area contributed by atoms with Crippen LogP contribution in [0.1, 0.15) is 105 Å². The molecule has 0 saturated heterocycles. The van der Waals surface area contributed by atoms with Gasteiger partial charge < -0.3 is 10.2 Å². The molecule has 5 rings (SSSR count). The van der Waals surface area contributed by atoms with Gasteiger partial charge in [0.1, 0.15) is 0 Å². The van der Waals surface area contributed by atoms with Gasteiger partial charge >= 0.3 is 0 Å². The first kappa shape index (κ1) is 22.5. The van der Waals surface area contributed by atoms with Crippen LogP contribution >= 0.6 is 0 Å². The van der Waals surface area contributed by atoms with E-state index in [4.69, 9.17) is 0 Å². The first-order chi connectivity index (χ1) is 14.5. The van der Waals surface area contributed by atoms with Gasteiger partial charge in [-0.3, -0.25) is 0 Å². The maximum atomic E-state index is 10.8. The SMILES string of the molecule is C=C(C)[C@@H](O)CC[C@@H](C)[C@H]1CC[C@H]2[C@@H]3CC[C@H]4C(C)(C)[C@@H](O)CC[C@@]45C[C@@]35CC[C@]12C. The lowest BCUT2D eigenvalue weighted by Gasteiger charge is -2.59. The highest BCUT2D eigenvalue weighted by Crippen LogP contribution is 2.87. The molecule has 2 nitrogen and oxygen atoms in total. The standard InChI is InChI=1S/C29H48O2/c1-18(2)23(30)11-7-19(3)20-8-9-21-22-10-12-24-26(4,5)25(31)13-14-29(24)17-28(22,29)16-15-27(20,21)6/h19-25,30-31H,1,7-17H2,2-6H3/t19-,20-,21+,22+,23+,24+,25+,27-,28+,29-/m1/s1. The molecule has 0 bridgehead atoms. The summed E-state index contributed by atoms with van der Waals surface area (Å²) in [6.07, 6.45) is 13.9. The lowest BCUT2D eigenvalue weighted by molar-refractivity contribution is -0.133. The molecule has 176 valence electrons. The van der Waals surface area contributed by atoms with Crippen LogP contribution in [-0.2, 0) is 0 Å². The van der Waals surface area contributed by atoms with Gasteiger partial charge in [0.15, 0.2) is 0 Å². The van der Waals surface area contributed by atoms with E-state index in [1.165, 1.54) is 51.4 Å². The molecule has 31 heavy (non-hydrogen) atoms. The Morgan fingerprint density at radius 2 is 1.65 bits per heavy atom. The van der Waals surface area contributed by atoms with Crippen molar-refractivity contribution in [2.24, 2.45) is 51.2 Å². The van der Waals surface area contributed by atoms with Crippen molar-refractivity contribution in [3.8, 4) is 0 Å². The van der Waals surface area contributed by atoms with Gasteiger partial charge in [-0.1, -0.05) is 39.8 Å². The molecule has 5 fully saturated rings. The van der Waals surface area contributed by atoms with Crippen LogP contribution < -0.4 is 0 Å². The van der Waals surface area contributed by atoms with Crippen LogP contribution in [0.2, 0.25) is 0 Å². The van der Waals surface area contributed by atoms with Gasteiger partial charge in [-0.2, -0.15) is 0 Å². The molecule has 0 aromatic heterocycles. The molecule has 5 aliphatic rings. The Labute approximate surface area is 191 Å². The quantitative estimate of drug-likeness (QED) is 0.475. The van der Waals surface area contributed by atoms with E-state index in [9.17, 15) is 10.2 Å². The minimum atomic E-state index is -0.325. The topological polar surface area (TPSA) is 40.5 Å². The Morgan fingerprint density at radius 3 is 2.35 bits per heavy atom. The van der Waals surface area contributed by atoms with Crippen LogP contribution in [0.3, 0.4) is 0 Å². The highest BCUT2D eigenvalue weighted by atomic mass is 16.3. The van der Waals surface area contributed by atoms with Gasteiger partial charge in [-0.25, -0.2) is 0 Å². The highest BCUT2D eigenvalue weighted by Gasteiger charge is 2.80. The molecule has 5 aliphatic carbocycles.